The van der Waals surface area contributed by atoms with Gasteiger partial charge < -0.3 is 0 Å². The van der Waals surface area contributed by atoms with Crippen molar-refractivity contribution in [2.45, 2.75) is 22.1 Å². The fraction of sp³-hybridized carbons (Fsp3) is 0.222. The standard InChI is InChI=1S/C18H12F6N4S2/c19-17(20,21)9-1-3-13-11(5-9)25-15(7-29-13)27-28-16-8-30-14-4-2-10(18(22,23)24)6-12(14)26-16/h1-6H,7-8H2,(H,25,27)(H,26,28). The number of alkyl halides is 6. The van der Waals surface area contributed by atoms with E-state index < -0.39 is 23.5 Å². The summed E-state index contributed by atoms with van der Waals surface area (Å²) in [6.45, 7) is 0. The highest BCUT2D eigenvalue weighted by Gasteiger charge is 2.32. The summed E-state index contributed by atoms with van der Waals surface area (Å²) < 4.78 is 77.4. The zero-order chi connectivity index (χ0) is 21.5. The SMILES string of the molecule is FC(F)(F)c1ccc2c(c1)N=C(NNC1=Nc3cc(C(F)(F)F)ccc3SC1)CS2. The number of rotatable bonds is 0. The maximum atomic E-state index is 12.9. The predicted molar refractivity (Wildman–Crippen MR) is 105 cm³/mol. The summed E-state index contributed by atoms with van der Waals surface area (Å²) in [5.41, 5.74) is 4.42. The molecular weight excluding hydrogens is 450 g/mol. The third-order valence-electron chi connectivity index (χ3n) is 4.16. The van der Waals surface area contributed by atoms with Crippen molar-refractivity contribution < 1.29 is 26.3 Å². The number of thioether (sulfide) groups is 2. The Labute approximate surface area is 175 Å². The number of hydrogen-bond acceptors (Lipinski definition) is 6. The topological polar surface area (TPSA) is 48.8 Å². The molecule has 0 spiro atoms. The van der Waals surface area contributed by atoms with Crippen LogP contribution in [0.1, 0.15) is 11.1 Å². The molecule has 0 fully saturated rings. The maximum Gasteiger partial charge on any atom is 0.416 e. The van der Waals surface area contributed by atoms with Crippen LogP contribution in [0.5, 0.6) is 0 Å². The van der Waals surface area contributed by atoms with E-state index in [1.807, 2.05) is 0 Å². The Morgan fingerprint density at radius 2 is 1.07 bits per heavy atom. The number of halogens is 6. The number of nitrogens with zero attached hydrogens (tertiary/aromatic N) is 2. The van der Waals surface area contributed by atoms with Crippen LogP contribution in [0.15, 0.2) is 56.2 Å². The Morgan fingerprint density at radius 3 is 1.43 bits per heavy atom. The molecule has 4 rings (SSSR count). The molecule has 0 radical (unpaired) electrons. The van der Waals surface area contributed by atoms with Crippen molar-refractivity contribution in [1.82, 2.24) is 10.9 Å². The molecule has 0 saturated heterocycles. The monoisotopic (exact) mass is 462 g/mol. The van der Waals surface area contributed by atoms with E-state index >= 15 is 0 Å². The van der Waals surface area contributed by atoms with E-state index in [-0.39, 0.29) is 11.4 Å². The quantitative estimate of drug-likeness (QED) is 0.384. The molecule has 0 saturated carbocycles. The summed E-state index contributed by atoms with van der Waals surface area (Å²) in [6.07, 6.45) is -8.93. The van der Waals surface area contributed by atoms with Gasteiger partial charge in [-0.1, -0.05) is 0 Å². The van der Waals surface area contributed by atoms with E-state index in [2.05, 4.69) is 20.8 Å². The molecule has 158 valence electrons. The number of amidine groups is 2. The van der Waals surface area contributed by atoms with E-state index in [1.54, 1.807) is 0 Å². The van der Waals surface area contributed by atoms with E-state index in [0.29, 0.717) is 33.0 Å². The van der Waals surface area contributed by atoms with Crippen molar-refractivity contribution in [1.29, 1.82) is 0 Å². The van der Waals surface area contributed by atoms with Gasteiger partial charge in [0.2, 0.25) is 0 Å². The summed E-state index contributed by atoms with van der Waals surface area (Å²) in [5, 5.41) is 0. The van der Waals surface area contributed by atoms with E-state index in [1.165, 1.54) is 35.7 Å². The molecule has 2 aliphatic heterocycles. The van der Waals surface area contributed by atoms with Crippen LogP contribution in [-0.2, 0) is 12.4 Å². The first kappa shape index (κ1) is 20.9. The fourth-order valence-corrected chi connectivity index (χ4v) is 4.42. The highest BCUT2D eigenvalue weighted by atomic mass is 32.2. The van der Waals surface area contributed by atoms with Crippen LogP contribution >= 0.6 is 23.5 Å². The smallest absolute Gasteiger partial charge is 0.286 e. The number of aliphatic imine (C=N–C) groups is 2. The summed E-state index contributed by atoms with van der Waals surface area (Å²) in [7, 11) is 0. The van der Waals surface area contributed by atoms with Crippen molar-refractivity contribution in [3.05, 3.63) is 47.5 Å². The highest BCUT2D eigenvalue weighted by Crippen LogP contribution is 2.40. The van der Waals surface area contributed by atoms with Crippen LogP contribution in [-0.4, -0.2) is 23.2 Å². The molecule has 4 nitrogen and oxygen atoms in total. The van der Waals surface area contributed by atoms with Crippen LogP contribution in [0.3, 0.4) is 0 Å². The van der Waals surface area contributed by atoms with Crippen LogP contribution in [0.4, 0.5) is 37.7 Å². The van der Waals surface area contributed by atoms with E-state index in [9.17, 15) is 26.3 Å². The number of benzene rings is 2. The lowest BCUT2D eigenvalue weighted by Gasteiger charge is -2.21. The van der Waals surface area contributed by atoms with Gasteiger partial charge in [-0.25, -0.2) is 9.98 Å². The van der Waals surface area contributed by atoms with Gasteiger partial charge in [-0.15, -0.1) is 23.5 Å². The lowest BCUT2D eigenvalue weighted by Crippen LogP contribution is -2.44. The van der Waals surface area contributed by atoms with Crippen molar-refractivity contribution >= 4 is 46.6 Å². The van der Waals surface area contributed by atoms with Gasteiger partial charge in [-0.2, -0.15) is 26.3 Å². The molecule has 2 aromatic carbocycles. The molecule has 2 N–H and O–H groups in total. The van der Waals surface area contributed by atoms with Crippen LogP contribution < -0.4 is 10.9 Å². The van der Waals surface area contributed by atoms with Crippen molar-refractivity contribution in [3.63, 3.8) is 0 Å². The van der Waals surface area contributed by atoms with Gasteiger partial charge in [0, 0.05) is 9.79 Å². The second-order valence-corrected chi connectivity index (χ2v) is 8.34. The summed E-state index contributed by atoms with van der Waals surface area (Å²) in [5.74, 6) is 1.55. The Balaban J connectivity index is 1.49. The third kappa shape index (κ3) is 4.53. The molecule has 0 aromatic heterocycles. The van der Waals surface area contributed by atoms with Crippen LogP contribution in [0, 0.1) is 0 Å². The van der Waals surface area contributed by atoms with Crippen molar-refractivity contribution in [3.8, 4) is 0 Å². The van der Waals surface area contributed by atoms with E-state index in [4.69, 9.17) is 0 Å². The van der Waals surface area contributed by atoms with Crippen molar-refractivity contribution in [2.24, 2.45) is 9.98 Å². The van der Waals surface area contributed by atoms with E-state index in [0.717, 1.165) is 24.3 Å². The minimum atomic E-state index is -4.46. The van der Waals surface area contributed by atoms with Gasteiger partial charge in [-0.3, -0.25) is 10.9 Å². The Kier molecular flexibility index (Phi) is 5.39. The average molecular weight is 462 g/mol. The maximum absolute atomic E-state index is 12.9. The number of hydrogen-bond donors (Lipinski definition) is 2. The lowest BCUT2D eigenvalue weighted by atomic mass is 10.2. The molecule has 2 aliphatic rings. The molecule has 30 heavy (non-hydrogen) atoms. The molecule has 2 aromatic rings. The highest BCUT2D eigenvalue weighted by molar-refractivity contribution is 8.00. The molecule has 12 heteroatoms. The van der Waals surface area contributed by atoms with Crippen LogP contribution in [0.25, 0.3) is 0 Å². The van der Waals surface area contributed by atoms with Gasteiger partial charge in [0.1, 0.15) is 11.7 Å². The molecule has 0 unspecified atom stereocenters. The first-order valence-electron chi connectivity index (χ1n) is 8.45. The van der Waals surface area contributed by atoms with Crippen LogP contribution in [0.2, 0.25) is 0 Å². The largest absolute Gasteiger partial charge is 0.416 e. The molecule has 0 atom stereocenters. The van der Waals surface area contributed by atoms with Gasteiger partial charge in [0.05, 0.1) is 34.0 Å². The Morgan fingerprint density at radius 1 is 0.667 bits per heavy atom. The first-order valence-corrected chi connectivity index (χ1v) is 10.4. The number of hydrazine groups is 1. The second kappa shape index (κ2) is 7.73. The molecule has 0 bridgehead atoms. The predicted octanol–water partition coefficient (Wildman–Crippen LogP) is 5.79. The summed E-state index contributed by atoms with van der Waals surface area (Å²) >= 11 is 2.65. The summed E-state index contributed by atoms with van der Waals surface area (Å²) in [6, 6.07) is 6.75. The molecule has 0 amide bonds. The molecular formula is C18H12F6N4S2. The molecule has 0 aliphatic carbocycles. The van der Waals surface area contributed by atoms with Crippen molar-refractivity contribution in [2.75, 3.05) is 11.5 Å². The fourth-order valence-electron chi connectivity index (χ4n) is 2.73. The minimum Gasteiger partial charge on any atom is -0.286 e. The first-order chi connectivity index (χ1) is 14.1. The zero-order valence-electron chi connectivity index (χ0n) is 14.9. The Bertz CT molecular complexity index is 962. The third-order valence-corrected chi connectivity index (χ3v) is 6.31. The van der Waals surface area contributed by atoms with Gasteiger partial charge >= 0.3 is 12.4 Å². The number of fused-ring (bicyclic) bond motifs is 2. The van der Waals surface area contributed by atoms with Gasteiger partial charge in [0.25, 0.3) is 0 Å². The van der Waals surface area contributed by atoms with Gasteiger partial charge in [0.15, 0.2) is 0 Å². The summed E-state index contributed by atoms with van der Waals surface area (Å²) in [4.78, 5) is 9.68. The number of nitrogens with one attached hydrogen (secondary N) is 2. The molecule has 2 heterocycles. The lowest BCUT2D eigenvalue weighted by molar-refractivity contribution is -0.138. The average Bonchev–Trinajstić information content (AvgIpc) is 2.69. The minimum absolute atomic E-state index is 0.200. The second-order valence-electron chi connectivity index (χ2n) is 6.30. The zero-order valence-corrected chi connectivity index (χ0v) is 16.5. The normalized spacial score (nSPS) is 16.2. The van der Waals surface area contributed by atoms with Gasteiger partial charge in [-0.05, 0) is 36.4 Å². The Hall–Kier alpha value is -2.34.